The van der Waals surface area contributed by atoms with Gasteiger partial charge in [0.05, 0.1) is 6.61 Å². The number of allylic oxidation sites excluding steroid dienone is 2. The van der Waals surface area contributed by atoms with E-state index in [1.54, 1.807) is 13.0 Å². The van der Waals surface area contributed by atoms with Crippen LogP contribution in [0.15, 0.2) is 42.5 Å². The Morgan fingerprint density at radius 3 is 3.00 bits per heavy atom. The predicted octanol–water partition coefficient (Wildman–Crippen LogP) is 1.56. The fourth-order valence-electron chi connectivity index (χ4n) is 2.56. The van der Waals surface area contributed by atoms with Crippen LogP contribution in [-0.4, -0.2) is 18.7 Å². The molecule has 0 amide bonds. The molecule has 1 atom stereocenters. The van der Waals surface area contributed by atoms with Gasteiger partial charge in [-0.05, 0) is 30.4 Å². The highest BCUT2D eigenvalue weighted by molar-refractivity contribution is 5.79. The van der Waals surface area contributed by atoms with Crippen LogP contribution in [0.25, 0.3) is 11.3 Å². The number of rotatable bonds is 3. The van der Waals surface area contributed by atoms with Gasteiger partial charge in [0.1, 0.15) is 24.1 Å². The molecule has 0 N–H and O–H groups in total. The van der Waals surface area contributed by atoms with E-state index in [1.807, 2.05) is 24.3 Å². The molecule has 0 aromatic heterocycles. The summed E-state index contributed by atoms with van der Waals surface area (Å²) in [5, 5.41) is 1.52. The average Bonchev–Trinajstić information content (AvgIpc) is 2.47. The number of carbonyl (C=O) groups is 1. The molecule has 2 aliphatic rings. The number of ether oxygens (including phenoxy) is 2. The van der Waals surface area contributed by atoms with Crippen LogP contribution < -0.4 is 10.4 Å². The molecule has 1 aromatic rings. The zero-order chi connectivity index (χ0) is 14.8. The largest absolute Gasteiger partial charge is 0.485 e. The van der Waals surface area contributed by atoms with Crippen molar-refractivity contribution in [2.45, 2.75) is 19.4 Å². The molecule has 1 aliphatic carbocycles. The summed E-state index contributed by atoms with van der Waals surface area (Å²) in [5.41, 5.74) is 0.972. The number of carbonyl (C=O) groups excluding carboxylic acids is 1. The minimum atomic E-state index is -0.374. The minimum Gasteiger partial charge on any atom is -0.485 e. The molecule has 1 heterocycles. The van der Waals surface area contributed by atoms with Crippen LogP contribution in [0, 0.1) is 5.82 Å². The Kier molecular flexibility index (Phi) is 3.60. The predicted molar refractivity (Wildman–Crippen MR) is 76.9 cm³/mol. The summed E-state index contributed by atoms with van der Waals surface area (Å²) in [6, 6.07) is 4.55. The van der Waals surface area contributed by atoms with Gasteiger partial charge >= 0.3 is 5.97 Å². The van der Waals surface area contributed by atoms with Crippen molar-refractivity contribution in [1.29, 1.82) is 0 Å². The highest BCUT2D eigenvalue weighted by atomic mass is 19.1. The van der Waals surface area contributed by atoms with Crippen molar-refractivity contribution in [2.75, 3.05) is 6.61 Å². The van der Waals surface area contributed by atoms with Crippen molar-refractivity contribution < 1.29 is 18.7 Å². The summed E-state index contributed by atoms with van der Waals surface area (Å²) < 4.78 is 24.4. The molecule has 21 heavy (non-hydrogen) atoms. The lowest BCUT2D eigenvalue weighted by Crippen LogP contribution is -2.39. The first-order chi connectivity index (χ1) is 10.2. The highest BCUT2D eigenvalue weighted by Crippen LogP contribution is 2.22. The van der Waals surface area contributed by atoms with Crippen LogP contribution in [0.2, 0.25) is 0 Å². The second-order valence-corrected chi connectivity index (χ2v) is 4.83. The Morgan fingerprint density at radius 1 is 1.33 bits per heavy atom. The van der Waals surface area contributed by atoms with Crippen LogP contribution in [0.4, 0.5) is 4.39 Å². The summed E-state index contributed by atoms with van der Waals surface area (Å²) >= 11 is 0. The van der Waals surface area contributed by atoms with Gasteiger partial charge in [-0.3, -0.25) is 4.79 Å². The molecule has 1 aromatic carbocycles. The molecule has 3 rings (SSSR count). The average molecular weight is 286 g/mol. The molecule has 1 aliphatic heterocycles. The molecule has 0 radical (unpaired) electrons. The van der Waals surface area contributed by atoms with Crippen LogP contribution >= 0.6 is 0 Å². The molecule has 0 saturated carbocycles. The third-order valence-electron chi connectivity index (χ3n) is 3.45. The number of esters is 1. The topological polar surface area (TPSA) is 35.5 Å². The summed E-state index contributed by atoms with van der Waals surface area (Å²) in [6.45, 7) is 2.06. The van der Waals surface area contributed by atoms with Crippen LogP contribution in [0.1, 0.15) is 13.3 Å². The molecule has 0 spiro atoms. The van der Waals surface area contributed by atoms with Crippen LogP contribution in [0.3, 0.4) is 0 Å². The monoisotopic (exact) mass is 286 g/mol. The zero-order valence-corrected chi connectivity index (χ0v) is 11.6. The van der Waals surface area contributed by atoms with Crippen LogP contribution in [-0.2, 0) is 14.3 Å². The van der Waals surface area contributed by atoms with Gasteiger partial charge in [-0.15, -0.1) is 0 Å². The van der Waals surface area contributed by atoms with Crippen molar-refractivity contribution in [3.8, 4) is 0 Å². The van der Waals surface area contributed by atoms with E-state index in [4.69, 9.17) is 9.47 Å². The molecule has 0 bridgehead atoms. The van der Waals surface area contributed by atoms with Gasteiger partial charge in [-0.25, -0.2) is 4.39 Å². The SMILES string of the molecule is CCOC(=O)CC1=c2cc(F)ccc2=C2C=CC=CC2O1. The van der Waals surface area contributed by atoms with E-state index in [0.29, 0.717) is 17.6 Å². The maximum absolute atomic E-state index is 13.6. The number of benzene rings is 1. The quantitative estimate of drug-likeness (QED) is 0.791. The van der Waals surface area contributed by atoms with Gasteiger partial charge in [0, 0.05) is 10.8 Å². The van der Waals surface area contributed by atoms with E-state index in [-0.39, 0.29) is 24.3 Å². The van der Waals surface area contributed by atoms with Crippen LogP contribution in [0.5, 0.6) is 0 Å². The Morgan fingerprint density at radius 2 is 2.19 bits per heavy atom. The van der Waals surface area contributed by atoms with E-state index >= 15 is 0 Å². The van der Waals surface area contributed by atoms with Crippen molar-refractivity contribution in [1.82, 2.24) is 0 Å². The van der Waals surface area contributed by atoms with E-state index in [2.05, 4.69) is 0 Å². The maximum atomic E-state index is 13.6. The summed E-state index contributed by atoms with van der Waals surface area (Å²) in [6.07, 6.45) is 7.43. The van der Waals surface area contributed by atoms with E-state index in [0.717, 1.165) is 10.8 Å². The lowest BCUT2D eigenvalue weighted by Gasteiger charge is -2.25. The van der Waals surface area contributed by atoms with E-state index in [9.17, 15) is 9.18 Å². The van der Waals surface area contributed by atoms with E-state index in [1.165, 1.54) is 12.1 Å². The molecule has 0 saturated heterocycles. The molecule has 4 heteroatoms. The van der Waals surface area contributed by atoms with Gasteiger partial charge in [0.15, 0.2) is 0 Å². The number of fused-ring (bicyclic) bond motifs is 2. The van der Waals surface area contributed by atoms with Crippen molar-refractivity contribution in [2.24, 2.45) is 0 Å². The number of halogens is 1. The lowest BCUT2D eigenvalue weighted by atomic mass is 9.97. The minimum absolute atomic E-state index is 0.00558. The summed E-state index contributed by atoms with van der Waals surface area (Å²) in [5.74, 6) is -0.272. The Bertz CT molecular complexity index is 759. The van der Waals surface area contributed by atoms with Gasteiger partial charge in [-0.2, -0.15) is 0 Å². The van der Waals surface area contributed by atoms with Gasteiger partial charge in [0.25, 0.3) is 0 Å². The van der Waals surface area contributed by atoms with Crippen molar-refractivity contribution >= 4 is 17.3 Å². The normalized spacial score (nSPS) is 18.9. The first kappa shape index (κ1) is 13.6. The third-order valence-corrected chi connectivity index (χ3v) is 3.45. The molecule has 1 unspecified atom stereocenters. The fraction of sp³-hybridized carbons (Fsp3) is 0.235. The van der Waals surface area contributed by atoms with E-state index < -0.39 is 0 Å². The van der Waals surface area contributed by atoms with Gasteiger partial charge in [0.2, 0.25) is 0 Å². The summed E-state index contributed by atoms with van der Waals surface area (Å²) in [4.78, 5) is 11.7. The molecular formula is C17H15FO3. The Balaban J connectivity index is 2.17. The maximum Gasteiger partial charge on any atom is 0.313 e. The van der Waals surface area contributed by atoms with Gasteiger partial charge < -0.3 is 9.47 Å². The Hall–Kier alpha value is -2.36. The second kappa shape index (κ2) is 5.56. The van der Waals surface area contributed by atoms with Crippen molar-refractivity contribution in [3.63, 3.8) is 0 Å². The molecular weight excluding hydrogens is 271 g/mol. The lowest BCUT2D eigenvalue weighted by molar-refractivity contribution is -0.142. The smallest absolute Gasteiger partial charge is 0.313 e. The molecule has 108 valence electrons. The first-order valence-corrected chi connectivity index (χ1v) is 6.89. The standard InChI is InChI=1S/C17H15FO3/c1-2-20-17(19)10-16-14-9-11(18)7-8-12(14)13-5-3-4-6-15(13)21-16/h3-9,15H,2,10H2,1H3. The van der Waals surface area contributed by atoms with Gasteiger partial charge in [-0.1, -0.05) is 24.3 Å². The fourth-order valence-corrected chi connectivity index (χ4v) is 2.56. The second-order valence-electron chi connectivity index (χ2n) is 4.83. The molecule has 3 nitrogen and oxygen atoms in total. The molecule has 0 fully saturated rings. The third kappa shape index (κ3) is 2.61. The number of hydrogen-bond acceptors (Lipinski definition) is 3. The Labute approximate surface area is 121 Å². The first-order valence-electron chi connectivity index (χ1n) is 6.89. The highest BCUT2D eigenvalue weighted by Gasteiger charge is 2.23. The zero-order valence-electron chi connectivity index (χ0n) is 11.6. The summed E-state index contributed by atoms with van der Waals surface area (Å²) in [7, 11) is 0. The van der Waals surface area contributed by atoms with Crippen molar-refractivity contribution in [3.05, 3.63) is 58.8 Å². The number of hydrogen-bond donors (Lipinski definition) is 0.